The predicted molar refractivity (Wildman–Crippen MR) is 87.7 cm³/mol. The summed E-state index contributed by atoms with van der Waals surface area (Å²) in [7, 11) is 3.17. The number of ether oxygens (including phenoxy) is 2. The third-order valence-electron chi connectivity index (χ3n) is 3.49. The fourth-order valence-electron chi connectivity index (χ4n) is 2.17. The number of carbonyl (C=O) groups is 1. The number of aliphatic hydroxyl groups is 1. The van der Waals surface area contributed by atoms with Gasteiger partial charge in [0, 0.05) is 6.54 Å². The second kappa shape index (κ2) is 8.19. The van der Waals surface area contributed by atoms with Crippen molar-refractivity contribution in [2.75, 3.05) is 20.8 Å². The van der Waals surface area contributed by atoms with Crippen LogP contribution in [-0.2, 0) is 11.2 Å². The van der Waals surface area contributed by atoms with Crippen LogP contribution in [0.2, 0.25) is 0 Å². The van der Waals surface area contributed by atoms with Gasteiger partial charge in [0.15, 0.2) is 0 Å². The molecule has 1 unspecified atom stereocenters. The maximum Gasteiger partial charge on any atom is 0.224 e. The van der Waals surface area contributed by atoms with Gasteiger partial charge in [0.2, 0.25) is 5.91 Å². The first kappa shape index (κ1) is 16.8. The van der Waals surface area contributed by atoms with Gasteiger partial charge in [-0.1, -0.05) is 24.3 Å². The SMILES string of the molecule is COc1ccc(CC(=O)NCC(O)c2cccc(OC)c2)cc1. The largest absolute Gasteiger partial charge is 0.497 e. The number of hydrogen-bond donors (Lipinski definition) is 2. The molecule has 0 aliphatic rings. The molecule has 2 aromatic rings. The Morgan fingerprint density at radius 1 is 1.09 bits per heavy atom. The highest BCUT2D eigenvalue weighted by atomic mass is 16.5. The summed E-state index contributed by atoms with van der Waals surface area (Å²) in [6.07, 6.45) is -0.514. The summed E-state index contributed by atoms with van der Waals surface area (Å²) >= 11 is 0. The van der Waals surface area contributed by atoms with Gasteiger partial charge in [0.25, 0.3) is 0 Å². The van der Waals surface area contributed by atoms with E-state index < -0.39 is 6.10 Å². The molecule has 2 aromatic carbocycles. The molecule has 0 aromatic heterocycles. The van der Waals surface area contributed by atoms with Crippen molar-refractivity contribution in [2.45, 2.75) is 12.5 Å². The van der Waals surface area contributed by atoms with Crippen molar-refractivity contribution in [3.05, 3.63) is 59.7 Å². The highest BCUT2D eigenvalue weighted by Gasteiger charge is 2.11. The average Bonchev–Trinajstić information content (AvgIpc) is 2.60. The van der Waals surface area contributed by atoms with Crippen LogP contribution < -0.4 is 14.8 Å². The van der Waals surface area contributed by atoms with Crippen LogP contribution in [0.15, 0.2) is 48.5 Å². The first-order chi connectivity index (χ1) is 11.1. The first-order valence-electron chi connectivity index (χ1n) is 7.34. The Morgan fingerprint density at radius 3 is 2.43 bits per heavy atom. The van der Waals surface area contributed by atoms with Gasteiger partial charge in [-0.15, -0.1) is 0 Å². The summed E-state index contributed by atoms with van der Waals surface area (Å²) in [5, 5.41) is 12.9. The van der Waals surface area contributed by atoms with Crippen molar-refractivity contribution in [1.29, 1.82) is 0 Å². The van der Waals surface area contributed by atoms with E-state index in [1.807, 2.05) is 24.3 Å². The van der Waals surface area contributed by atoms with Crippen molar-refractivity contribution >= 4 is 5.91 Å². The normalized spacial score (nSPS) is 11.6. The Kier molecular flexibility index (Phi) is 6.00. The van der Waals surface area contributed by atoms with Crippen LogP contribution in [0.5, 0.6) is 11.5 Å². The number of benzene rings is 2. The molecule has 23 heavy (non-hydrogen) atoms. The Hall–Kier alpha value is -2.53. The molecule has 0 saturated heterocycles. The molecule has 0 spiro atoms. The number of hydrogen-bond acceptors (Lipinski definition) is 4. The molecule has 5 nitrogen and oxygen atoms in total. The van der Waals surface area contributed by atoms with Crippen molar-refractivity contribution in [3.8, 4) is 11.5 Å². The van der Waals surface area contributed by atoms with E-state index in [0.29, 0.717) is 11.3 Å². The zero-order valence-corrected chi connectivity index (χ0v) is 13.3. The predicted octanol–water partition coefficient (Wildman–Crippen LogP) is 2.10. The van der Waals surface area contributed by atoms with Gasteiger partial charge < -0.3 is 19.9 Å². The van der Waals surface area contributed by atoms with Crippen LogP contribution in [0, 0.1) is 0 Å². The molecule has 0 radical (unpaired) electrons. The Balaban J connectivity index is 1.85. The van der Waals surface area contributed by atoms with Crippen LogP contribution in [0.1, 0.15) is 17.2 Å². The zero-order chi connectivity index (χ0) is 16.7. The Morgan fingerprint density at radius 2 is 1.78 bits per heavy atom. The maximum atomic E-state index is 11.9. The summed E-state index contributed by atoms with van der Waals surface area (Å²) in [5.41, 5.74) is 1.59. The molecule has 0 aliphatic heterocycles. The van der Waals surface area contributed by atoms with E-state index in [9.17, 15) is 9.90 Å². The Bertz CT molecular complexity index is 640. The lowest BCUT2D eigenvalue weighted by molar-refractivity contribution is -0.120. The fraction of sp³-hybridized carbons (Fsp3) is 0.278. The van der Waals surface area contributed by atoms with E-state index in [1.54, 1.807) is 38.5 Å². The number of nitrogens with one attached hydrogen (secondary N) is 1. The van der Waals surface area contributed by atoms with Crippen molar-refractivity contribution in [3.63, 3.8) is 0 Å². The smallest absolute Gasteiger partial charge is 0.224 e. The molecule has 5 heteroatoms. The molecule has 1 amide bonds. The molecule has 2 N–H and O–H groups in total. The highest BCUT2D eigenvalue weighted by molar-refractivity contribution is 5.78. The van der Waals surface area contributed by atoms with Gasteiger partial charge in [-0.25, -0.2) is 0 Å². The maximum absolute atomic E-state index is 11.9. The van der Waals surface area contributed by atoms with Crippen LogP contribution in [0.25, 0.3) is 0 Å². The summed E-state index contributed by atoms with van der Waals surface area (Å²) in [6, 6.07) is 14.5. The number of amides is 1. The van der Waals surface area contributed by atoms with Crippen molar-refractivity contribution in [2.24, 2.45) is 0 Å². The highest BCUT2D eigenvalue weighted by Crippen LogP contribution is 2.18. The third-order valence-corrected chi connectivity index (χ3v) is 3.49. The van der Waals surface area contributed by atoms with Gasteiger partial charge in [-0.2, -0.15) is 0 Å². The van der Waals surface area contributed by atoms with Gasteiger partial charge in [-0.05, 0) is 35.4 Å². The monoisotopic (exact) mass is 315 g/mol. The topological polar surface area (TPSA) is 67.8 Å². The lowest BCUT2D eigenvalue weighted by Crippen LogP contribution is -2.29. The standard InChI is InChI=1S/C18H21NO4/c1-22-15-8-6-13(7-9-15)10-18(21)19-12-17(20)14-4-3-5-16(11-14)23-2/h3-9,11,17,20H,10,12H2,1-2H3,(H,19,21). The Labute approximate surface area is 135 Å². The fourth-order valence-corrected chi connectivity index (χ4v) is 2.17. The van der Waals surface area contributed by atoms with Crippen LogP contribution in [0.3, 0.4) is 0 Å². The van der Waals surface area contributed by atoms with E-state index in [1.165, 1.54) is 0 Å². The van der Waals surface area contributed by atoms with E-state index in [0.717, 1.165) is 11.3 Å². The zero-order valence-electron chi connectivity index (χ0n) is 13.3. The molecular formula is C18H21NO4. The number of rotatable bonds is 7. The van der Waals surface area contributed by atoms with E-state index in [4.69, 9.17) is 9.47 Å². The number of carbonyl (C=O) groups excluding carboxylic acids is 1. The molecular weight excluding hydrogens is 294 g/mol. The molecule has 0 fully saturated rings. The first-order valence-corrected chi connectivity index (χ1v) is 7.34. The molecule has 0 aliphatic carbocycles. The lowest BCUT2D eigenvalue weighted by atomic mass is 10.1. The second-order valence-electron chi connectivity index (χ2n) is 5.12. The van der Waals surface area contributed by atoms with E-state index in [2.05, 4.69) is 5.32 Å². The van der Waals surface area contributed by atoms with Gasteiger partial charge in [0.1, 0.15) is 11.5 Å². The minimum Gasteiger partial charge on any atom is -0.497 e. The lowest BCUT2D eigenvalue weighted by Gasteiger charge is -2.13. The molecule has 0 heterocycles. The summed E-state index contributed by atoms with van der Waals surface area (Å²) in [4.78, 5) is 11.9. The van der Waals surface area contributed by atoms with Gasteiger partial charge >= 0.3 is 0 Å². The molecule has 0 bridgehead atoms. The summed E-state index contributed by atoms with van der Waals surface area (Å²) < 4.78 is 10.2. The number of aliphatic hydroxyl groups excluding tert-OH is 1. The van der Waals surface area contributed by atoms with Gasteiger partial charge in [-0.3, -0.25) is 4.79 Å². The van der Waals surface area contributed by atoms with Crippen molar-refractivity contribution < 1.29 is 19.4 Å². The minimum atomic E-state index is -0.773. The number of methoxy groups -OCH3 is 2. The molecule has 1 atom stereocenters. The summed E-state index contributed by atoms with van der Waals surface area (Å²) in [6.45, 7) is 0.155. The third kappa shape index (κ3) is 5.00. The molecule has 0 saturated carbocycles. The van der Waals surface area contributed by atoms with E-state index in [-0.39, 0.29) is 18.9 Å². The minimum absolute atomic E-state index is 0.142. The average molecular weight is 315 g/mol. The quantitative estimate of drug-likeness (QED) is 0.821. The molecule has 122 valence electrons. The summed E-state index contributed by atoms with van der Waals surface area (Å²) in [5.74, 6) is 1.28. The van der Waals surface area contributed by atoms with Crippen LogP contribution in [0.4, 0.5) is 0 Å². The van der Waals surface area contributed by atoms with Gasteiger partial charge in [0.05, 0.1) is 26.7 Å². The van der Waals surface area contributed by atoms with E-state index >= 15 is 0 Å². The van der Waals surface area contributed by atoms with Crippen LogP contribution >= 0.6 is 0 Å². The van der Waals surface area contributed by atoms with Crippen molar-refractivity contribution in [1.82, 2.24) is 5.32 Å². The van der Waals surface area contributed by atoms with Crippen LogP contribution in [-0.4, -0.2) is 31.8 Å². The second-order valence-corrected chi connectivity index (χ2v) is 5.12. The molecule has 2 rings (SSSR count).